The fraction of sp³-hybridized carbons (Fsp3) is 0.278. The van der Waals surface area contributed by atoms with Gasteiger partial charge in [-0.15, -0.1) is 11.3 Å². The van der Waals surface area contributed by atoms with Crippen LogP contribution in [0.15, 0.2) is 40.8 Å². The highest BCUT2D eigenvalue weighted by Gasteiger charge is 2.08. The highest BCUT2D eigenvalue weighted by Crippen LogP contribution is 2.23. The van der Waals surface area contributed by atoms with Gasteiger partial charge in [0.05, 0.1) is 17.6 Å². The first-order valence-corrected chi connectivity index (χ1v) is 9.14. The molecular weight excluding hydrogens is 352 g/mol. The molecule has 26 heavy (non-hydrogen) atoms. The minimum atomic E-state index is -0.453. The number of rotatable bonds is 8. The molecular formula is C18H22N4O3S. The third kappa shape index (κ3) is 5.32. The molecule has 0 saturated heterocycles. The number of hydrazone groups is 1. The predicted octanol–water partition coefficient (Wildman–Crippen LogP) is 2.18. The van der Waals surface area contributed by atoms with Crippen LogP contribution in [-0.4, -0.2) is 42.8 Å². The van der Waals surface area contributed by atoms with Crippen LogP contribution in [0, 0.1) is 0 Å². The van der Waals surface area contributed by atoms with Gasteiger partial charge < -0.3 is 15.3 Å². The zero-order valence-corrected chi connectivity index (χ0v) is 15.5. The number of carbonyl (C=O) groups excluding carboxylic acids is 2. The first-order chi connectivity index (χ1) is 12.5. The van der Waals surface area contributed by atoms with Crippen LogP contribution in [0.4, 0.5) is 5.69 Å². The average molecular weight is 374 g/mol. The second-order valence-electron chi connectivity index (χ2n) is 5.37. The quantitative estimate of drug-likeness (QED) is 0.488. The third-order valence-corrected chi connectivity index (χ3v) is 4.56. The van der Waals surface area contributed by atoms with Crippen molar-refractivity contribution < 1.29 is 14.7 Å². The van der Waals surface area contributed by atoms with Crippen LogP contribution < -0.4 is 15.6 Å². The molecule has 1 heterocycles. The van der Waals surface area contributed by atoms with Gasteiger partial charge in [-0.05, 0) is 37.4 Å². The number of amides is 2. The first-order valence-electron chi connectivity index (χ1n) is 8.26. The lowest BCUT2D eigenvalue weighted by atomic mass is 10.2. The summed E-state index contributed by atoms with van der Waals surface area (Å²) < 4.78 is 0. The van der Waals surface area contributed by atoms with Gasteiger partial charge in [0, 0.05) is 30.4 Å². The number of hydrogen-bond donors (Lipinski definition) is 3. The number of benzene rings is 1. The number of phenolic OH excluding ortho intramolecular Hbond substituents is 1. The normalized spacial score (nSPS) is 10.7. The summed E-state index contributed by atoms with van der Waals surface area (Å²) in [5.41, 5.74) is 3.73. The minimum Gasteiger partial charge on any atom is -0.507 e. The van der Waals surface area contributed by atoms with Crippen molar-refractivity contribution in [2.24, 2.45) is 5.10 Å². The molecule has 0 bridgehead atoms. The van der Waals surface area contributed by atoms with E-state index >= 15 is 0 Å². The number of anilines is 1. The molecule has 2 aromatic rings. The van der Waals surface area contributed by atoms with E-state index < -0.39 is 5.91 Å². The molecule has 0 aliphatic rings. The Kier molecular flexibility index (Phi) is 7.16. The molecule has 0 spiro atoms. The van der Waals surface area contributed by atoms with E-state index in [-0.39, 0.29) is 18.2 Å². The molecule has 1 aromatic heterocycles. The Bertz CT molecular complexity index is 771. The van der Waals surface area contributed by atoms with Gasteiger partial charge in [-0.3, -0.25) is 9.59 Å². The summed E-state index contributed by atoms with van der Waals surface area (Å²) in [6.07, 6.45) is 1.36. The topological polar surface area (TPSA) is 94.0 Å². The van der Waals surface area contributed by atoms with Crippen molar-refractivity contribution in [3.63, 3.8) is 0 Å². The van der Waals surface area contributed by atoms with Crippen molar-refractivity contribution in [3.05, 3.63) is 46.2 Å². The Morgan fingerprint density at radius 1 is 1.27 bits per heavy atom. The molecule has 2 rings (SSSR count). The Hall–Kier alpha value is -2.87. The molecule has 0 atom stereocenters. The molecule has 138 valence electrons. The van der Waals surface area contributed by atoms with Crippen LogP contribution in [0.5, 0.6) is 5.75 Å². The Morgan fingerprint density at radius 2 is 2.04 bits per heavy atom. The van der Waals surface area contributed by atoms with E-state index in [9.17, 15) is 14.7 Å². The Labute approximate surface area is 156 Å². The SMILES string of the molecule is CCN(CC)c1ccc(/C=N/NC(=O)CNC(=O)c2cccs2)c(O)c1. The lowest BCUT2D eigenvalue weighted by Gasteiger charge is -2.21. The fourth-order valence-corrected chi connectivity index (χ4v) is 2.94. The van der Waals surface area contributed by atoms with Gasteiger partial charge in [0.1, 0.15) is 5.75 Å². The molecule has 0 radical (unpaired) electrons. The number of phenols is 1. The number of nitrogens with one attached hydrogen (secondary N) is 2. The van der Waals surface area contributed by atoms with E-state index in [1.165, 1.54) is 17.6 Å². The van der Waals surface area contributed by atoms with E-state index in [1.807, 2.05) is 19.9 Å². The van der Waals surface area contributed by atoms with Gasteiger partial charge in [-0.2, -0.15) is 5.10 Å². The first kappa shape index (κ1) is 19.5. The summed E-state index contributed by atoms with van der Waals surface area (Å²) in [4.78, 5) is 26.1. The smallest absolute Gasteiger partial charge is 0.261 e. The second kappa shape index (κ2) is 9.57. The highest BCUT2D eigenvalue weighted by molar-refractivity contribution is 7.12. The summed E-state index contributed by atoms with van der Waals surface area (Å²) in [5, 5.41) is 18.2. The minimum absolute atomic E-state index is 0.0818. The second-order valence-corrected chi connectivity index (χ2v) is 6.32. The molecule has 0 fully saturated rings. The molecule has 3 N–H and O–H groups in total. The Balaban J connectivity index is 1.85. The van der Waals surface area contributed by atoms with Crippen LogP contribution in [-0.2, 0) is 4.79 Å². The van der Waals surface area contributed by atoms with E-state index in [0.29, 0.717) is 10.4 Å². The van der Waals surface area contributed by atoms with Gasteiger partial charge in [0.2, 0.25) is 0 Å². The lowest BCUT2D eigenvalue weighted by molar-refractivity contribution is -0.120. The van der Waals surface area contributed by atoms with Crippen LogP contribution in [0.25, 0.3) is 0 Å². The number of nitrogens with zero attached hydrogens (tertiary/aromatic N) is 2. The number of thiophene rings is 1. The van der Waals surface area contributed by atoms with Crippen LogP contribution >= 0.6 is 11.3 Å². The molecule has 0 saturated carbocycles. The maximum atomic E-state index is 11.7. The molecule has 1 aromatic carbocycles. The van der Waals surface area contributed by atoms with Crippen molar-refractivity contribution in [2.75, 3.05) is 24.5 Å². The van der Waals surface area contributed by atoms with Gasteiger partial charge in [-0.1, -0.05) is 6.07 Å². The zero-order chi connectivity index (χ0) is 18.9. The van der Waals surface area contributed by atoms with Gasteiger partial charge in [0.25, 0.3) is 11.8 Å². The summed E-state index contributed by atoms with van der Waals surface area (Å²) in [6.45, 7) is 5.60. The van der Waals surface area contributed by atoms with Crippen molar-refractivity contribution in [2.45, 2.75) is 13.8 Å². The number of carbonyl (C=O) groups is 2. The summed E-state index contributed by atoms with van der Waals surface area (Å²) in [5.74, 6) is -0.674. The monoisotopic (exact) mass is 374 g/mol. The predicted molar refractivity (Wildman–Crippen MR) is 104 cm³/mol. The van der Waals surface area contributed by atoms with Crippen LogP contribution in [0.2, 0.25) is 0 Å². The maximum Gasteiger partial charge on any atom is 0.261 e. The van der Waals surface area contributed by atoms with Crippen LogP contribution in [0.1, 0.15) is 29.1 Å². The molecule has 0 aliphatic heterocycles. The summed E-state index contributed by atoms with van der Waals surface area (Å²) >= 11 is 1.30. The van der Waals surface area contributed by atoms with Crippen molar-refractivity contribution in [1.29, 1.82) is 0 Å². The lowest BCUT2D eigenvalue weighted by Crippen LogP contribution is -2.34. The van der Waals surface area contributed by atoms with Crippen molar-refractivity contribution in [1.82, 2.24) is 10.7 Å². The van der Waals surface area contributed by atoms with Crippen molar-refractivity contribution >= 4 is 35.1 Å². The zero-order valence-electron chi connectivity index (χ0n) is 14.7. The molecule has 0 aliphatic carbocycles. The van der Waals surface area contributed by atoms with E-state index in [1.54, 1.807) is 29.6 Å². The molecule has 8 heteroatoms. The average Bonchev–Trinajstić information content (AvgIpc) is 3.17. The summed E-state index contributed by atoms with van der Waals surface area (Å²) in [7, 11) is 0. The largest absolute Gasteiger partial charge is 0.507 e. The highest BCUT2D eigenvalue weighted by atomic mass is 32.1. The molecule has 7 nitrogen and oxygen atoms in total. The molecule has 0 unspecified atom stereocenters. The standard InChI is InChI=1S/C18H22N4O3S/c1-3-22(4-2)14-8-7-13(15(23)10-14)11-20-21-17(24)12-19-18(25)16-6-5-9-26-16/h5-11,23H,3-4,12H2,1-2H3,(H,19,25)(H,21,24)/b20-11+. The van der Waals surface area contributed by atoms with E-state index in [0.717, 1.165) is 18.8 Å². The van der Waals surface area contributed by atoms with E-state index in [4.69, 9.17) is 0 Å². The number of aromatic hydroxyl groups is 1. The molecule has 2 amide bonds. The third-order valence-electron chi connectivity index (χ3n) is 3.69. The van der Waals surface area contributed by atoms with Gasteiger partial charge >= 0.3 is 0 Å². The van der Waals surface area contributed by atoms with Gasteiger partial charge in [-0.25, -0.2) is 5.43 Å². The van der Waals surface area contributed by atoms with Gasteiger partial charge in [0.15, 0.2) is 0 Å². The Morgan fingerprint density at radius 3 is 2.65 bits per heavy atom. The fourth-order valence-electron chi connectivity index (χ4n) is 2.30. The maximum absolute atomic E-state index is 11.7. The van der Waals surface area contributed by atoms with E-state index in [2.05, 4.69) is 20.7 Å². The van der Waals surface area contributed by atoms with Crippen molar-refractivity contribution in [3.8, 4) is 5.75 Å². The summed E-state index contributed by atoms with van der Waals surface area (Å²) in [6, 6.07) is 8.73. The number of hydrogen-bond acceptors (Lipinski definition) is 6. The van der Waals surface area contributed by atoms with Crippen LogP contribution in [0.3, 0.4) is 0 Å².